The van der Waals surface area contributed by atoms with E-state index in [1.54, 1.807) is 18.2 Å². The van der Waals surface area contributed by atoms with Crippen molar-refractivity contribution in [1.82, 2.24) is 9.97 Å². The lowest BCUT2D eigenvalue weighted by atomic mass is 10.1. The Balaban J connectivity index is 1.91. The number of benzene rings is 2. The third-order valence-corrected chi connectivity index (χ3v) is 4.79. The van der Waals surface area contributed by atoms with Gasteiger partial charge < -0.3 is 14.8 Å². The third-order valence-electron chi connectivity index (χ3n) is 4.61. The van der Waals surface area contributed by atoms with Crippen LogP contribution in [-0.4, -0.2) is 23.0 Å². The van der Waals surface area contributed by atoms with E-state index in [1.165, 1.54) is 19.3 Å². The van der Waals surface area contributed by atoms with Gasteiger partial charge in [0.2, 0.25) is 11.1 Å². The highest BCUT2D eigenvalue weighted by Crippen LogP contribution is 2.33. The van der Waals surface area contributed by atoms with Gasteiger partial charge in [0.25, 0.3) is 11.8 Å². The van der Waals surface area contributed by atoms with Gasteiger partial charge in [-0.3, -0.25) is 4.79 Å². The number of methoxy groups -OCH3 is 1. The maximum absolute atomic E-state index is 14.0. The average molecular weight is 453 g/mol. The first-order valence-electron chi connectivity index (χ1n) is 9.35. The highest BCUT2D eigenvalue weighted by molar-refractivity contribution is 6.28. The highest BCUT2D eigenvalue weighted by atomic mass is 35.5. The molecule has 0 aliphatic rings. The maximum Gasteiger partial charge on any atom is 0.266 e. The lowest BCUT2D eigenvalue weighted by molar-refractivity contribution is -0.112. The minimum atomic E-state index is -0.817. The van der Waals surface area contributed by atoms with E-state index in [-0.39, 0.29) is 22.4 Å². The van der Waals surface area contributed by atoms with E-state index in [9.17, 15) is 14.4 Å². The number of amides is 1. The Bertz CT molecular complexity index is 1250. The van der Waals surface area contributed by atoms with Crippen LogP contribution < -0.4 is 14.8 Å². The van der Waals surface area contributed by atoms with Gasteiger partial charge >= 0.3 is 0 Å². The highest BCUT2D eigenvalue weighted by Gasteiger charge is 2.15. The number of carbonyl (C=O) groups is 1. The lowest BCUT2D eigenvalue weighted by Crippen LogP contribution is -2.14. The van der Waals surface area contributed by atoms with Gasteiger partial charge in [0, 0.05) is 5.69 Å². The van der Waals surface area contributed by atoms with Gasteiger partial charge in [0.1, 0.15) is 11.6 Å². The van der Waals surface area contributed by atoms with Crippen LogP contribution in [-0.2, 0) is 4.79 Å². The van der Waals surface area contributed by atoms with Gasteiger partial charge in [-0.2, -0.15) is 14.6 Å². The van der Waals surface area contributed by atoms with Crippen molar-refractivity contribution in [3.8, 4) is 23.4 Å². The molecule has 0 atom stereocenters. The number of carbonyl (C=O) groups excluding carboxylic acids is 1. The molecule has 3 rings (SSSR count). The minimum Gasteiger partial charge on any atom is -0.493 e. The predicted molar refractivity (Wildman–Crippen MR) is 118 cm³/mol. The first-order valence-corrected chi connectivity index (χ1v) is 9.73. The van der Waals surface area contributed by atoms with Gasteiger partial charge in [0.05, 0.1) is 13.3 Å². The normalized spacial score (nSPS) is 10.9. The number of halogens is 2. The molecule has 1 aromatic heterocycles. The Kier molecular flexibility index (Phi) is 7.03. The number of hydrogen-bond donors (Lipinski definition) is 1. The Hall–Kier alpha value is -3.96. The van der Waals surface area contributed by atoms with Crippen LogP contribution in [0, 0.1) is 31.0 Å². The summed E-state index contributed by atoms with van der Waals surface area (Å²) in [6.45, 7) is 3.81. The van der Waals surface area contributed by atoms with E-state index in [1.807, 2.05) is 32.0 Å². The largest absolute Gasteiger partial charge is 0.493 e. The molecule has 0 spiro atoms. The summed E-state index contributed by atoms with van der Waals surface area (Å²) in [5.74, 6) is -1.37. The summed E-state index contributed by atoms with van der Waals surface area (Å²) in [6.07, 6.45) is 2.27. The molecule has 1 N–H and O–H groups in total. The summed E-state index contributed by atoms with van der Waals surface area (Å²) in [5, 5.41) is 12.1. The Morgan fingerprint density at radius 1 is 1.25 bits per heavy atom. The topological polar surface area (TPSA) is 97.1 Å². The first-order chi connectivity index (χ1) is 15.3. The molecule has 0 radical (unpaired) electrons. The van der Waals surface area contributed by atoms with Gasteiger partial charge in [-0.15, -0.1) is 0 Å². The number of nitriles is 1. The summed E-state index contributed by atoms with van der Waals surface area (Å²) in [7, 11) is 1.42. The lowest BCUT2D eigenvalue weighted by Gasteiger charge is -2.11. The molecule has 0 saturated heterocycles. The number of anilines is 1. The van der Waals surface area contributed by atoms with Crippen LogP contribution in [0.3, 0.4) is 0 Å². The molecule has 0 aliphatic heterocycles. The van der Waals surface area contributed by atoms with Crippen molar-refractivity contribution < 1.29 is 18.7 Å². The minimum absolute atomic E-state index is 0.113. The number of aromatic nitrogens is 2. The van der Waals surface area contributed by atoms with E-state index in [0.29, 0.717) is 11.3 Å². The zero-order valence-electron chi connectivity index (χ0n) is 17.4. The Morgan fingerprint density at radius 3 is 2.75 bits per heavy atom. The molecule has 0 bridgehead atoms. The Morgan fingerprint density at radius 2 is 2.03 bits per heavy atom. The van der Waals surface area contributed by atoms with Gasteiger partial charge in [-0.05, 0) is 66.4 Å². The molecule has 0 fully saturated rings. The van der Waals surface area contributed by atoms with Crippen LogP contribution in [0.25, 0.3) is 6.08 Å². The van der Waals surface area contributed by atoms with Crippen LogP contribution in [0.1, 0.15) is 16.7 Å². The molecule has 7 nitrogen and oxygen atoms in total. The number of nitrogens with zero attached hydrogens (tertiary/aromatic N) is 3. The molecule has 162 valence electrons. The fourth-order valence-electron chi connectivity index (χ4n) is 2.76. The monoisotopic (exact) mass is 452 g/mol. The number of nitrogens with one attached hydrogen (secondary N) is 1. The molecule has 1 amide bonds. The van der Waals surface area contributed by atoms with E-state index in [0.717, 1.165) is 17.3 Å². The quantitative estimate of drug-likeness (QED) is 0.312. The molecule has 32 heavy (non-hydrogen) atoms. The SMILES string of the molecule is COc1ccc(/C=C(\C#N)C(=O)Nc2cccc(C)c2C)cc1Oc1nc(Cl)ncc1F. The van der Waals surface area contributed by atoms with Crippen LogP contribution in [0.4, 0.5) is 10.1 Å². The summed E-state index contributed by atoms with van der Waals surface area (Å²) < 4.78 is 24.7. The second-order valence-electron chi connectivity index (χ2n) is 6.68. The Labute approximate surface area is 189 Å². The van der Waals surface area contributed by atoms with Crippen LogP contribution >= 0.6 is 11.6 Å². The summed E-state index contributed by atoms with van der Waals surface area (Å²) in [4.78, 5) is 19.9. The third kappa shape index (κ3) is 5.20. The van der Waals surface area contributed by atoms with E-state index in [4.69, 9.17) is 21.1 Å². The van der Waals surface area contributed by atoms with Crippen LogP contribution in [0.15, 0.2) is 48.2 Å². The maximum atomic E-state index is 14.0. The number of aryl methyl sites for hydroxylation is 1. The van der Waals surface area contributed by atoms with Crippen LogP contribution in [0.5, 0.6) is 17.4 Å². The second-order valence-corrected chi connectivity index (χ2v) is 7.01. The number of ether oxygens (including phenoxy) is 2. The molecular weight excluding hydrogens is 435 g/mol. The standard InChI is InChI=1S/C23H18ClFN4O3/c1-13-5-4-6-18(14(13)2)28-21(30)16(11-26)9-15-7-8-19(31-3)20(10-15)32-22-17(25)12-27-23(24)29-22/h4-10,12H,1-3H3,(H,28,30)/b16-9+. The molecular formula is C23H18ClFN4O3. The van der Waals surface area contributed by atoms with E-state index < -0.39 is 17.6 Å². The molecule has 1 heterocycles. The van der Waals surface area contributed by atoms with Crippen molar-refractivity contribution >= 4 is 29.3 Å². The van der Waals surface area contributed by atoms with Crippen molar-refractivity contribution in [2.24, 2.45) is 0 Å². The summed E-state index contributed by atoms with van der Waals surface area (Å²) in [6, 6.07) is 12.1. The zero-order chi connectivity index (χ0) is 23.3. The number of rotatable bonds is 6. The van der Waals surface area contributed by atoms with Crippen molar-refractivity contribution in [3.05, 3.63) is 76.0 Å². The molecule has 2 aromatic carbocycles. The molecule has 0 saturated carbocycles. The van der Waals surface area contributed by atoms with E-state index in [2.05, 4.69) is 15.3 Å². The second kappa shape index (κ2) is 9.90. The smallest absolute Gasteiger partial charge is 0.266 e. The fourth-order valence-corrected chi connectivity index (χ4v) is 2.89. The predicted octanol–water partition coefficient (Wildman–Crippen LogP) is 5.23. The van der Waals surface area contributed by atoms with Gasteiger partial charge in [0.15, 0.2) is 11.5 Å². The van der Waals surface area contributed by atoms with Crippen molar-refractivity contribution in [2.75, 3.05) is 12.4 Å². The number of hydrogen-bond acceptors (Lipinski definition) is 6. The van der Waals surface area contributed by atoms with Crippen molar-refractivity contribution in [2.45, 2.75) is 13.8 Å². The zero-order valence-corrected chi connectivity index (χ0v) is 18.2. The van der Waals surface area contributed by atoms with Crippen LogP contribution in [0.2, 0.25) is 5.28 Å². The molecule has 0 unspecified atom stereocenters. The molecule has 0 aliphatic carbocycles. The molecule has 9 heteroatoms. The van der Waals surface area contributed by atoms with Crippen molar-refractivity contribution in [3.63, 3.8) is 0 Å². The first kappa shape index (κ1) is 22.7. The molecule has 3 aromatic rings. The van der Waals surface area contributed by atoms with E-state index >= 15 is 0 Å². The fraction of sp³-hybridized carbons (Fsp3) is 0.130. The van der Waals surface area contributed by atoms with Gasteiger partial charge in [-0.25, -0.2) is 4.98 Å². The average Bonchev–Trinajstić information content (AvgIpc) is 2.78. The van der Waals surface area contributed by atoms with Gasteiger partial charge in [-0.1, -0.05) is 18.2 Å². The summed E-state index contributed by atoms with van der Waals surface area (Å²) >= 11 is 5.71. The summed E-state index contributed by atoms with van der Waals surface area (Å²) in [5.41, 5.74) is 2.86. The van der Waals surface area contributed by atoms with Crippen molar-refractivity contribution in [1.29, 1.82) is 5.26 Å².